The first-order valence-electron chi connectivity index (χ1n) is 39.0. The number of hydrogen-bond acceptors (Lipinski definition) is 10. The predicted octanol–water partition coefficient (Wildman–Crippen LogP) is 13.7. The molecule has 14 heteroatoms. The van der Waals surface area contributed by atoms with Gasteiger partial charge in [0.25, 0.3) is 0 Å². The first kappa shape index (κ1) is 98.2. The molecule has 0 atom stereocenters. The molecule has 0 fully saturated rings. The molecule has 0 aromatic heterocycles. The van der Waals surface area contributed by atoms with E-state index in [2.05, 4.69) is 77.9 Å². The molecule has 0 amide bonds. The molecular weight excluding hydrogens is 1300 g/mol. The summed E-state index contributed by atoms with van der Waals surface area (Å²) in [5, 5.41) is 63.2. The molecule has 548 valence electrons. The quantitative estimate of drug-likeness (QED) is 0.0121. The molecule has 0 radical (unpaired) electrons. The molecular formula is C87H132Na3O10P. The van der Waals surface area contributed by atoms with Gasteiger partial charge in [0.1, 0.15) is 34.5 Å². The fourth-order valence-electron chi connectivity index (χ4n) is 13.6. The molecule has 0 heterocycles. The molecule has 10 nitrogen and oxygen atoms in total. The number of phenols is 6. The van der Waals surface area contributed by atoms with Gasteiger partial charge in [-0.15, -0.1) is 0 Å². The van der Waals surface area contributed by atoms with E-state index < -0.39 is 7.82 Å². The van der Waals surface area contributed by atoms with Gasteiger partial charge in [0.2, 0.25) is 0 Å². The Kier molecular flexibility index (Phi) is 60.6. The largest absolute Gasteiger partial charge is 1.00 e. The first-order valence-corrected chi connectivity index (χ1v) is 40.5. The van der Waals surface area contributed by atoms with Crippen LogP contribution in [0.15, 0.2) is 109 Å². The molecule has 101 heavy (non-hydrogen) atoms. The van der Waals surface area contributed by atoms with Gasteiger partial charge in [-0.3, -0.25) is 0 Å². The molecule has 6 aromatic carbocycles. The molecule has 0 aliphatic rings. The summed E-state index contributed by atoms with van der Waals surface area (Å²) in [5.74, 6) is 2.52. The van der Waals surface area contributed by atoms with E-state index in [9.17, 15) is 30.6 Å². The van der Waals surface area contributed by atoms with Crippen molar-refractivity contribution in [3.05, 3.63) is 176 Å². The van der Waals surface area contributed by atoms with Crippen LogP contribution < -0.4 is 103 Å². The van der Waals surface area contributed by atoms with Gasteiger partial charge < -0.3 is 49.9 Å². The van der Waals surface area contributed by atoms with Crippen LogP contribution in [0.2, 0.25) is 0 Å². The molecule has 6 aromatic rings. The van der Waals surface area contributed by atoms with Gasteiger partial charge in [0.15, 0.2) is 0 Å². The topological polar surface area (TPSA) is 208 Å². The molecule has 0 aliphatic heterocycles. The van der Waals surface area contributed by atoms with Crippen LogP contribution in [0.4, 0.5) is 0 Å². The van der Waals surface area contributed by atoms with Gasteiger partial charge >= 0.3 is 88.7 Å². The van der Waals surface area contributed by atoms with Crippen LogP contribution >= 0.6 is 7.82 Å². The molecule has 0 unspecified atom stereocenters. The average Bonchev–Trinajstić information content (AvgIpc) is 0.839. The summed E-state index contributed by atoms with van der Waals surface area (Å²) in [6.45, 7) is 13.5. The van der Waals surface area contributed by atoms with Crippen molar-refractivity contribution >= 4 is 7.82 Å². The van der Waals surface area contributed by atoms with Crippen molar-refractivity contribution in [1.29, 1.82) is 0 Å². The monoisotopic (exact) mass is 1440 g/mol. The van der Waals surface area contributed by atoms with E-state index in [1.165, 1.54) is 226 Å². The van der Waals surface area contributed by atoms with Crippen LogP contribution in [-0.4, -0.2) is 30.6 Å². The zero-order valence-corrected chi connectivity index (χ0v) is 71.9. The summed E-state index contributed by atoms with van der Waals surface area (Å²) in [5.41, 5.74) is 13.7. The Morgan fingerprint density at radius 1 is 0.228 bits per heavy atom. The SMILES string of the molecule is CCCCCCCCc1c(O)cccc1Cc1cccc(O)c1CCCCCCCC.CCCCCCCCc1c(O)cccc1Cc1cccc(O)c1CCCCCCCC.CCCCCCCCc1c(O)cccc1Cc1cccc(O)c1CCCCCCCC.O=P([O-])([O-])[O-].[Na+].[Na+].[Na+]. The van der Waals surface area contributed by atoms with E-state index in [-0.39, 0.29) is 88.7 Å². The van der Waals surface area contributed by atoms with Crippen molar-refractivity contribution < 1.29 is 139 Å². The van der Waals surface area contributed by atoms with Gasteiger partial charge in [-0.1, -0.05) is 307 Å². The van der Waals surface area contributed by atoms with Gasteiger partial charge in [-0.25, -0.2) is 0 Å². The van der Waals surface area contributed by atoms with Gasteiger partial charge in [0, 0.05) is 0 Å². The summed E-state index contributed by atoms with van der Waals surface area (Å²) in [6, 6.07) is 35.5. The summed E-state index contributed by atoms with van der Waals surface area (Å²) >= 11 is 0. The molecule has 0 saturated carbocycles. The number of phenolic OH excluding ortho intramolecular Hbond substituents is 6. The second-order valence-electron chi connectivity index (χ2n) is 27.6. The van der Waals surface area contributed by atoms with Crippen LogP contribution in [0.5, 0.6) is 34.5 Å². The Balaban J connectivity index is 0.00000141. The van der Waals surface area contributed by atoms with E-state index >= 15 is 0 Å². The maximum atomic E-state index is 10.5. The minimum absolute atomic E-state index is 0. The van der Waals surface area contributed by atoms with E-state index in [0.717, 1.165) is 130 Å². The van der Waals surface area contributed by atoms with E-state index in [4.69, 9.17) is 19.2 Å². The van der Waals surface area contributed by atoms with E-state index in [1.807, 2.05) is 72.8 Å². The summed E-state index contributed by atoms with van der Waals surface area (Å²) in [4.78, 5) is 25.6. The smallest absolute Gasteiger partial charge is 0.822 e. The molecule has 0 aliphatic carbocycles. The van der Waals surface area contributed by atoms with Crippen LogP contribution in [0, 0.1) is 0 Å². The zero-order valence-electron chi connectivity index (χ0n) is 65.0. The van der Waals surface area contributed by atoms with E-state index in [1.54, 1.807) is 0 Å². The Hall–Kier alpha value is -2.77. The Morgan fingerprint density at radius 2 is 0.347 bits per heavy atom. The second kappa shape index (κ2) is 62.3. The molecule has 6 N–H and O–H groups in total. The van der Waals surface area contributed by atoms with Crippen molar-refractivity contribution in [2.45, 2.75) is 330 Å². The third-order valence-corrected chi connectivity index (χ3v) is 19.3. The average molecular weight is 1440 g/mol. The van der Waals surface area contributed by atoms with Gasteiger partial charge in [0.05, 0.1) is 0 Å². The Labute approximate surface area is 680 Å². The van der Waals surface area contributed by atoms with Crippen LogP contribution in [0.3, 0.4) is 0 Å². The minimum atomic E-state index is -5.39. The van der Waals surface area contributed by atoms with E-state index in [0.29, 0.717) is 34.5 Å². The summed E-state index contributed by atoms with van der Waals surface area (Å²) in [6.07, 6.45) is 53.2. The van der Waals surface area contributed by atoms with Gasteiger partial charge in [-0.2, -0.15) is 7.82 Å². The first-order chi connectivity index (χ1) is 47.5. The van der Waals surface area contributed by atoms with Gasteiger partial charge in [-0.05, 0) is 199 Å². The fourth-order valence-corrected chi connectivity index (χ4v) is 13.6. The molecule has 6 rings (SSSR count). The van der Waals surface area contributed by atoms with Crippen molar-refractivity contribution in [2.24, 2.45) is 0 Å². The minimum Gasteiger partial charge on any atom is -0.822 e. The number of aromatic hydroxyl groups is 6. The maximum Gasteiger partial charge on any atom is 1.00 e. The molecule has 0 bridgehead atoms. The van der Waals surface area contributed by atoms with Crippen molar-refractivity contribution in [2.75, 3.05) is 0 Å². The second-order valence-corrected chi connectivity index (χ2v) is 28.5. The maximum absolute atomic E-state index is 10.5. The summed E-state index contributed by atoms with van der Waals surface area (Å²) < 4.78 is 8.55. The van der Waals surface area contributed by atoms with Crippen molar-refractivity contribution in [3.8, 4) is 34.5 Å². The number of unbranched alkanes of at least 4 members (excludes halogenated alkanes) is 30. The Morgan fingerprint density at radius 3 is 0.475 bits per heavy atom. The number of rotatable bonds is 48. The number of benzene rings is 6. The predicted molar refractivity (Wildman–Crippen MR) is 407 cm³/mol. The number of hydrogen-bond donors (Lipinski definition) is 6. The zero-order chi connectivity index (χ0) is 71.4. The molecule has 0 saturated heterocycles. The Bertz CT molecular complexity index is 2570. The van der Waals surface area contributed by atoms with Crippen LogP contribution in [-0.2, 0) is 62.4 Å². The van der Waals surface area contributed by atoms with Crippen LogP contribution in [0.25, 0.3) is 0 Å². The summed E-state index contributed by atoms with van der Waals surface area (Å²) in [7, 11) is -5.39. The van der Waals surface area contributed by atoms with Crippen molar-refractivity contribution in [3.63, 3.8) is 0 Å². The third kappa shape index (κ3) is 44.2. The van der Waals surface area contributed by atoms with Crippen molar-refractivity contribution in [1.82, 2.24) is 0 Å². The third-order valence-electron chi connectivity index (χ3n) is 19.3. The standard InChI is InChI=1S/3C29H44O2.3Na.H3O4P/c3*1-3-5-7-9-11-13-19-26-24(17-15-21-28(26)30)23-25-18-16-22-29(31)27(25)20-14-12-10-8-6-4-2;;;;1-5(2,3)4/h3*15-18,21-22,30-31H,3-14,19-20,23H2,1-2H3;;;;(H3,1,2,3,4)/q;;;3*+1;/p-3. The normalized spacial score (nSPS) is 10.9. The van der Waals surface area contributed by atoms with Crippen LogP contribution in [0.1, 0.15) is 339 Å². The number of phosphoric acid groups is 1. The molecule has 0 spiro atoms. The fraction of sp³-hybridized carbons (Fsp3) is 0.586.